The van der Waals surface area contributed by atoms with E-state index in [0.29, 0.717) is 17.4 Å². The number of ether oxygens (including phenoxy) is 1. The predicted octanol–water partition coefficient (Wildman–Crippen LogP) is 3.40. The number of anilines is 1. The molecular weight excluding hydrogens is 324 g/mol. The number of hydrogen-bond donors (Lipinski definition) is 2. The molecule has 7 heteroatoms. The van der Waals surface area contributed by atoms with Gasteiger partial charge < -0.3 is 15.2 Å². The molecule has 126 valence electrons. The summed E-state index contributed by atoms with van der Waals surface area (Å²) in [6.07, 6.45) is 4.11. The zero-order valence-corrected chi connectivity index (χ0v) is 14.6. The van der Waals surface area contributed by atoms with Crippen molar-refractivity contribution in [2.45, 2.75) is 32.7 Å². The van der Waals surface area contributed by atoms with Crippen LogP contribution in [0.1, 0.15) is 24.0 Å². The van der Waals surface area contributed by atoms with Gasteiger partial charge in [0, 0.05) is 6.61 Å². The van der Waals surface area contributed by atoms with Crippen molar-refractivity contribution in [3.05, 3.63) is 29.5 Å². The summed E-state index contributed by atoms with van der Waals surface area (Å²) < 4.78 is 8.20. The average Bonchev–Trinajstić information content (AvgIpc) is 3.05. The minimum Gasteiger partial charge on any atom is -0.506 e. The Bertz CT molecular complexity index is 825. The van der Waals surface area contributed by atoms with Gasteiger partial charge >= 0.3 is 0 Å². The number of aryl methyl sites for hydroxylation is 2. The van der Waals surface area contributed by atoms with Gasteiger partial charge in [-0.25, -0.2) is 4.68 Å². The predicted molar refractivity (Wildman–Crippen MR) is 95.3 cm³/mol. The van der Waals surface area contributed by atoms with Crippen LogP contribution in [0.3, 0.4) is 0 Å². The lowest BCUT2D eigenvalue weighted by Crippen LogP contribution is -2.29. The van der Waals surface area contributed by atoms with E-state index < -0.39 is 0 Å². The normalized spacial score (nSPS) is 18.2. The minimum atomic E-state index is 0.236. The molecule has 3 heterocycles. The quantitative estimate of drug-likeness (QED) is 0.762. The lowest BCUT2D eigenvalue weighted by atomic mass is 10.1. The zero-order valence-electron chi connectivity index (χ0n) is 13.7. The van der Waals surface area contributed by atoms with Crippen molar-refractivity contribution in [3.8, 4) is 11.4 Å². The first-order valence-electron chi connectivity index (χ1n) is 8.11. The third-order valence-electron chi connectivity index (χ3n) is 4.22. The second-order valence-electron chi connectivity index (χ2n) is 6.29. The van der Waals surface area contributed by atoms with Crippen LogP contribution in [-0.2, 0) is 4.74 Å². The second kappa shape index (κ2) is 6.07. The lowest BCUT2D eigenvalue weighted by Gasteiger charge is -2.22. The fourth-order valence-corrected chi connectivity index (χ4v) is 4.06. The van der Waals surface area contributed by atoms with E-state index in [4.69, 9.17) is 4.74 Å². The summed E-state index contributed by atoms with van der Waals surface area (Å²) in [5.41, 5.74) is 3.42. The van der Waals surface area contributed by atoms with Gasteiger partial charge in [0.25, 0.3) is 0 Å². The third kappa shape index (κ3) is 2.85. The van der Waals surface area contributed by atoms with Crippen LogP contribution in [0, 0.1) is 13.8 Å². The van der Waals surface area contributed by atoms with E-state index in [1.165, 1.54) is 0 Å². The molecule has 2 N–H and O–H groups in total. The van der Waals surface area contributed by atoms with Crippen molar-refractivity contribution >= 4 is 26.8 Å². The number of benzene rings is 1. The van der Waals surface area contributed by atoms with E-state index in [0.717, 1.165) is 47.0 Å². The van der Waals surface area contributed by atoms with Gasteiger partial charge in [0.15, 0.2) is 10.8 Å². The minimum absolute atomic E-state index is 0.236. The highest BCUT2D eigenvalue weighted by Crippen LogP contribution is 2.31. The van der Waals surface area contributed by atoms with E-state index in [1.807, 2.05) is 26.1 Å². The van der Waals surface area contributed by atoms with Gasteiger partial charge in [-0.05, 0) is 43.9 Å². The molecule has 1 atom stereocenters. The van der Waals surface area contributed by atoms with E-state index >= 15 is 0 Å². The summed E-state index contributed by atoms with van der Waals surface area (Å²) in [6, 6.07) is 4.11. The van der Waals surface area contributed by atoms with Gasteiger partial charge in [0.2, 0.25) is 0 Å². The molecular formula is C17H20N4O2S. The summed E-state index contributed by atoms with van der Waals surface area (Å²) in [7, 11) is 0. The molecule has 0 saturated carbocycles. The highest BCUT2D eigenvalue weighted by atomic mass is 32.1. The van der Waals surface area contributed by atoms with Crippen molar-refractivity contribution in [2.24, 2.45) is 0 Å². The Hall–Kier alpha value is -2.12. The monoisotopic (exact) mass is 344 g/mol. The Morgan fingerprint density at radius 3 is 2.96 bits per heavy atom. The van der Waals surface area contributed by atoms with Gasteiger partial charge in [0.05, 0.1) is 23.5 Å². The van der Waals surface area contributed by atoms with Gasteiger partial charge in [-0.3, -0.25) is 0 Å². The molecule has 0 aliphatic carbocycles. The Labute approximate surface area is 144 Å². The van der Waals surface area contributed by atoms with Gasteiger partial charge in [0.1, 0.15) is 11.4 Å². The van der Waals surface area contributed by atoms with Crippen LogP contribution in [0.25, 0.3) is 16.0 Å². The summed E-state index contributed by atoms with van der Waals surface area (Å²) in [6.45, 7) is 5.52. The molecule has 1 saturated heterocycles. The first kappa shape index (κ1) is 15.4. The molecule has 0 spiro atoms. The molecule has 0 amide bonds. The maximum Gasteiger partial charge on any atom is 0.194 e. The first-order valence-corrected chi connectivity index (χ1v) is 8.93. The van der Waals surface area contributed by atoms with Crippen molar-refractivity contribution in [2.75, 3.05) is 18.5 Å². The Morgan fingerprint density at radius 2 is 2.25 bits per heavy atom. The summed E-state index contributed by atoms with van der Waals surface area (Å²) >= 11 is 1.58. The molecule has 6 nitrogen and oxygen atoms in total. The van der Waals surface area contributed by atoms with Crippen LogP contribution in [0.15, 0.2) is 18.3 Å². The molecule has 1 fully saturated rings. The molecule has 2 aromatic heterocycles. The third-order valence-corrected chi connectivity index (χ3v) is 5.13. The van der Waals surface area contributed by atoms with Gasteiger partial charge in [-0.2, -0.15) is 4.98 Å². The van der Waals surface area contributed by atoms with Crippen LogP contribution in [0.4, 0.5) is 5.13 Å². The highest BCUT2D eigenvalue weighted by Gasteiger charge is 2.17. The number of fused-ring (bicyclic) bond motifs is 1. The Balaban J connectivity index is 1.62. The van der Waals surface area contributed by atoms with Crippen LogP contribution in [-0.4, -0.2) is 39.1 Å². The summed E-state index contributed by atoms with van der Waals surface area (Å²) in [4.78, 5) is 4.57. The molecule has 4 rings (SSSR count). The smallest absolute Gasteiger partial charge is 0.194 e. The van der Waals surface area contributed by atoms with Crippen molar-refractivity contribution in [1.29, 1.82) is 0 Å². The van der Waals surface area contributed by atoms with Crippen LogP contribution in [0.2, 0.25) is 0 Å². The number of hydrogen-bond acceptors (Lipinski definition) is 6. The average molecular weight is 344 g/mol. The van der Waals surface area contributed by atoms with Crippen LogP contribution in [0.5, 0.6) is 5.75 Å². The molecule has 0 unspecified atom stereocenters. The lowest BCUT2D eigenvalue weighted by molar-refractivity contribution is 0.0876. The first-order chi connectivity index (χ1) is 11.6. The van der Waals surface area contributed by atoms with Crippen molar-refractivity contribution in [3.63, 3.8) is 0 Å². The largest absolute Gasteiger partial charge is 0.506 e. The maximum absolute atomic E-state index is 10.3. The van der Waals surface area contributed by atoms with E-state index in [1.54, 1.807) is 22.1 Å². The van der Waals surface area contributed by atoms with Crippen LogP contribution >= 0.6 is 11.3 Å². The number of phenols is 1. The van der Waals surface area contributed by atoms with Gasteiger partial charge in [-0.15, -0.1) is 5.10 Å². The van der Waals surface area contributed by atoms with E-state index in [-0.39, 0.29) is 5.75 Å². The SMILES string of the molecule is Cc1cc(C)c(-n2cc3sc(N[C@H]4CCCOC4)nc3n2)c(O)c1. The fourth-order valence-electron chi connectivity index (χ4n) is 3.16. The number of thiazole rings is 1. The molecule has 24 heavy (non-hydrogen) atoms. The number of aromatic nitrogens is 3. The molecule has 0 radical (unpaired) electrons. The number of aromatic hydroxyl groups is 1. The van der Waals surface area contributed by atoms with E-state index in [2.05, 4.69) is 15.4 Å². The van der Waals surface area contributed by atoms with Gasteiger partial charge in [-0.1, -0.05) is 17.4 Å². The van der Waals surface area contributed by atoms with Crippen molar-refractivity contribution < 1.29 is 9.84 Å². The Kier molecular flexibility index (Phi) is 3.90. The molecule has 3 aromatic rings. The van der Waals surface area contributed by atoms with Crippen molar-refractivity contribution in [1.82, 2.24) is 14.8 Å². The Morgan fingerprint density at radius 1 is 1.38 bits per heavy atom. The van der Waals surface area contributed by atoms with Crippen LogP contribution < -0.4 is 5.32 Å². The highest BCUT2D eigenvalue weighted by molar-refractivity contribution is 7.22. The number of nitrogens with one attached hydrogen (secondary N) is 1. The summed E-state index contributed by atoms with van der Waals surface area (Å²) in [5.74, 6) is 0.236. The number of rotatable bonds is 3. The second-order valence-corrected chi connectivity index (χ2v) is 7.32. The zero-order chi connectivity index (χ0) is 16.7. The molecule has 1 aromatic carbocycles. The molecule has 1 aliphatic rings. The number of phenolic OH excluding ortho intramolecular Hbond substituents is 1. The van der Waals surface area contributed by atoms with E-state index in [9.17, 15) is 5.11 Å². The number of nitrogens with zero attached hydrogens (tertiary/aromatic N) is 3. The molecule has 1 aliphatic heterocycles. The fraction of sp³-hybridized carbons (Fsp3) is 0.412. The standard InChI is InChI=1S/C17H20N4O2S/c1-10-6-11(2)15(13(22)7-10)21-8-14-16(20-21)19-17(24-14)18-12-4-3-5-23-9-12/h6-8,12,22H,3-5,9H2,1-2H3,(H,18,19,20)/t12-/m0/s1. The topological polar surface area (TPSA) is 72.2 Å². The maximum atomic E-state index is 10.3. The summed E-state index contributed by atoms with van der Waals surface area (Å²) in [5, 5.41) is 19.1. The molecule has 0 bridgehead atoms.